The summed E-state index contributed by atoms with van der Waals surface area (Å²) in [5.74, 6) is 2.48. The second kappa shape index (κ2) is 28.8. The molecule has 0 amide bonds. The summed E-state index contributed by atoms with van der Waals surface area (Å²) >= 11 is 3.43. The fourth-order valence-electron chi connectivity index (χ4n) is 22.8. The first kappa shape index (κ1) is 77.4. The smallest absolute Gasteiger partial charge is 0.248 e. The number of thiophene rings is 2. The van der Waals surface area contributed by atoms with Gasteiger partial charge in [-0.25, -0.2) is 24.9 Å². The van der Waals surface area contributed by atoms with Crippen molar-refractivity contribution < 1.29 is 4.42 Å². The number of para-hydroxylation sites is 4. The van der Waals surface area contributed by atoms with Crippen molar-refractivity contribution in [2.45, 2.75) is 57.8 Å². The van der Waals surface area contributed by atoms with Gasteiger partial charge in [-0.3, -0.25) is 13.7 Å². The number of fused-ring (bicyclic) bond motifs is 30. The lowest BCUT2D eigenvalue weighted by molar-refractivity contribution is 0.651. The highest BCUT2D eigenvalue weighted by molar-refractivity contribution is 7.25. The van der Waals surface area contributed by atoms with Gasteiger partial charge in [0.1, 0.15) is 48.9 Å². The second-order valence-corrected chi connectivity index (χ2v) is 40.0. The number of hydrogen-bond acceptors (Lipinski definition) is 9. The first-order chi connectivity index (χ1) is 66.2. The third-order valence-electron chi connectivity index (χ3n) is 29.4. The highest BCUT2D eigenvalue weighted by atomic mass is 32.1. The summed E-state index contributed by atoms with van der Waals surface area (Å²) in [6, 6.07) is 138. The molecule has 0 unspecified atom stereocenters. The van der Waals surface area contributed by atoms with E-state index in [1.165, 1.54) is 141 Å². The highest BCUT2D eigenvalue weighted by Gasteiger charge is 2.40. The van der Waals surface area contributed by atoms with Gasteiger partial charge in [0.25, 0.3) is 0 Å². The molecule has 10 nitrogen and oxygen atoms in total. The third-order valence-corrected chi connectivity index (χ3v) is 31.5. The monoisotopic (exact) mass is 1760 g/mol. The van der Waals surface area contributed by atoms with E-state index in [-0.39, 0.29) is 16.2 Å². The minimum atomic E-state index is -0.131. The first-order valence-electron chi connectivity index (χ1n) is 46.3. The van der Waals surface area contributed by atoms with Gasteiger partial charge in [0.05, 0.1) is 33.1 Å². The molecule has 0 atom stereocenters. The minimum Gasteiger partial charge on any atom is -0.436 e. The van der Waals surface area contributed by atoms with E-state index in [2.05, 4.69) is 419 Å². The lowest BCUT2D eigenvalue weighted by Gasteiger charge is -2.22. The van der Waals surface area contributed by atoms with Gasteiger partial charge < -0.3 is 4.42 Å². The molecule has 0 saturated carbocycles. The Balaban J connectivity index is 0.000000101. The average molecular weight is 1770 g/mol. The Hall–Kier alpha value is -16.4. The molecule has 18 aromatic carbocycles. The van der Waals surface area contributed by atoms with Gasteiger partial charge in [-0.15, -0.1) is 22.7 Å². The Morgan fingerprint density at radius 2 is 0.548 bits per heavy atom. The summed E-state index contributed by atoms with van der Waals surface area (Å²) in [4.78, 5) is 34.7. The molecule has 135 heavy (non-hydrogen) atoms. The molecule has 0 N–H and O–H groups in total. The summed E-state index contributed by atoms with van der Waals surface area (Å²) in [7, 11) is 0. The van der Waals surface area contributed by atoms with Crippen LogP contribution in [0.5, 0.6) is 0 Å². The van der Waals surface area contributed by atoms with E-state index in [0.29, 0.717) is 5.71 Å². The van der Waals surface area contributed by atoms with Gasteiger partial charge in [-0.2, -0.15) is 4.98 Å². The maximum atomic E-state index is 6.34. The van der Waals surface area contributed by atoms with E-state index in [1.807, 2.05) is 18.2 Å². The van der Waals surface area contributed by atoms with Crippen LogP contribution in [0.2, 0.25) is 0 Å². The predicted molar refractivity (Wildman–Crippen MR) is 564 cm³/mol. The molecule has 9 heterocycles. The quantitative estimate of drug-likeness (QED) is 0.163. The van der Waals surface area contributed by atoms with Crippen LogP contribution >= 0.6 is 22.7 Å². The molecule has 12 heteroatoms. The zero-order valence-corrected chi connectivity index (χ0v) is 76.3. The van der Waals surface area contributed by atoms with Crippen molar-refractivity contribution in [3.63, 3.8) is 0 Å². The van der Waals surface area contributed by atoms with Gasteiger partial charge in [-0.1, -0.05) is 327 Å². The van der Waals surface area contributed by atoms with E-state index in [9.17, 15) is 0 Å². The summed E-state index contributed by atoms with van der Waals surface area (Å²) in [6.45, 7) is 14.0. The fraction of sp³-hybridized carbons (Fsp3) is 0.0732. The van der Waals surface area contributed by atoms with E-state index in [1.54, 1.807) is 22.7 Å². The highest BCUT2D eigenvalue weighted by Crippen LogP contribution is 2.55. The van der Waals surface area contributed by atoms with E-state index in [0.717, 1.165) is 132 Å². The Bertz CT molecular complexity index is 9480. The molecule has 9 aromatic heterocycles. The van der Waals surface area contributed by atoms with Crippen molar-refractivity contribution in [3.8, 4) is 84.6 Å². The molecule has 0 bridgehead atoms. The van der Waals surface area contributed by atoms with Crippen LogP contribution < -0.4 is 0 Å². The van der Waals surface area contributed by atoms with Gasteiger partial charge in [0.2, 0.25) is 5.71 Å². The topological polar surface area (TPSA) is 105 Å². The molecule has 27 aromatic rings. The van der Waals surface area contributed by atoms with Gasteiger partial charge >= 0.3 is 0 Å². The average Bonchev–Trinajstić information content (AvgIpc) is 1.64. The number of nitrogens with zero attached hydrogens (tertiary/aromatic N) is 9. The van der Waals surface area contributed by atoms with Gasteiger partial charge in [0.15, 0.2) is 17.5 Å². The van der Waals surface area contributed by atoms with Crippen molar-refractivity contribution >= 4 is 183 Å². The second-order valence-electron chi connectivity index (χ2n) is 37.9. The van der Waals surface area contributed by atoms with E-state index < -0.39 is 0 Å². The molecular formula is C123H81N9OS2. The maximum absolute atomic E-state index is 6.34. The molecular weight excluding hydrogens is 1680 g/mol. The molecule has 0 spiro atoms. The number of furan rings is 1. The molecule has 636 valence electrons. The van der Waals surface area contributed by atoms with Crippen LogP contribution in [0, 0.1) is 0 Å². The van der Waals surface area contributed by atoms with Crippen molar-refractivity contribution in [1.82, 2.24) is 43.6 Å². The lowest BCUT2D eigenvalue weighted by atomic mass is 9.82. The zero-order chi connectivity index (χ0) is 89.6. The van der Waals surface area contributed by atoms with Crippen LogP contribution in [0.25, 0.3) is 245 Å². The largest absolute Gasteiger partial charge is 0.436 e. The number of benzene rings is 18. The van der Waals surface area contributed by atoms with Crippen LogP contribution in [-0.4, -0.2) is 43.6 Å². The van der Waals surface area contributed by atoms with Gasteiger partial charge in [-0.05, 0) is 196 Å². The van der Waals surface area contributed by atoms with Crippen LogP contribution in [-0.2, 0) is 16.2 Å². The molecule has 0 radical (unpaired) electrons. The minimum absolute atomic E-state index is 0.0533. The van der Waals surface area contributed by atoms with Crippen molar-refractivity contribution in [3.05, 3.63) is 416 Å². The normalized spacial score (nSPS) is 13.7. The van der Waals surface area contributed by atoms with Crippen LogP contribution in [0.1, 0.15) is 74.9 Å². The summed E-state index contributed by atoms with van der Waals surface area (Å²) in [5, 5.41) is 17.8. The van der Waals surface area contributed by atoms with Crippen LogP contribution in [0.3, 0.4) is 0 Å². The Morgan fingerprint density at radius 1 is 0.222 bits per heavy atom. The SMILES string of the molecule is CC1(C)c2ccccc2-c2cc(-c3nc4sc5ccccc5c4nc3-n3c4ccccc4c4cc5ccccc5cc43)ccc21.CC1(C)c2ccccc2-c2ccc(-c3nc4c(nc3-n3c5ccccc5c5cc6ccccc6cc53)oc3ccccc34)cc21.CC1(C)c2ccccc2-c2ccc(-c3nc4c(nc3-n3c5ccccc5c5cc6ccccc6cc53)sc3ccccc34)cc21. The van der Waals surface area contributed by atoms with Gasteiger partial charge in [0, 0.05) is 90.8 Å². The fourth-order valence-corrected chi connectivity index (χ4v) is 24.8. The van der Waals surface area contributed by atoms with Crippen LogP contribution in [0.15, 0.2) is 387 Å². The summed E-state index contributed by atoms with van der Waals surface area (Å²) in [5.41, 5.74) is 32.2. The molecule has 0 saturated heterocycles. The van der Waals surface area contributed by atoms with E-state index in [4.69, 9.17) is 34.3 Å². The third kappa shape index (κ3) is 11.4. The summed E-state index contributed by atoms with van der Waals surface area (Å²) < 4.78 is 15.7. The Labute approximate surface area is 783 Å². The lowest BCUT2D eigenvalue weighted by Crippen LogP contribution is -2.15. The Morgan fingerprint density at radius 3 is 1.03 bits per heavy atom. The van der Waals surface area contributed by atoms with Crippen molar-refractivity contribution in [2.24, 2.45) is 0 Å². The molecule has 0 fully saturated rings. The van der Waals surface area contributed by atoms with Crippen LogP contribution in [0.4, 0.5) is 0 Å². The Kier molecular flexibility index (Phi) is 16.5. The molecule has 0 aliphatic heterocycles. The molecule has 3 aliphatic carbocycles. The number of rotatable bonds is 6. The van der Waals surface area contributed by atoms with Crippen molar-refractivity contribution in [1.29, 1.82) is 0 Å². The predicted octanol–water partition coefficient (Wildman–Crippen LogP) is 32.7. The number of aromatic nitrogens is 9. The molecule has 30 rings (SSSR count). The number of hydrogen-bond donors (Lipinski definition) is 0. The maximum Gasteiger partial charge on any atom is 0.248 e. The molecule has 3 aliphatic rings. The van der Waals surface area contributed by atoms with E-state index >= 15 is 0 Å². The zero-order valence-electron chi connectivity index (χ0n) is 74.6. The first-order valence-corrected chi connectivity index (χ1v) is 47.9. The van der Waals surface area contributed by atoms with Crippen molar-refractivity contribution in [2.75, 3.05) is 0 Å². The standard InChI is InChI=1S/C41H27N3O.2C41H27N3S/c2*1-41(2)32-16-8-5-13-27(32)28-20-19-26(22-33(28)41)37-39(43-40-38(42-37)30-15-7-10-18-36(30)45-40)44-34-17-9-6-14-29(34)31-21-24-11-3-4-12-25(24)23-35(31)44;1-41(2)32-16-8-5-13-27(32)30-22-26(19-20-33(30)41)37-39(42-38-29-15-7-10-18-36(29)45-40(38)43-37)44-34-17-9-6-14-28(34)31-21-24-11-3-4-12-25(24)23-35(31)44/h3*3-23H,1-2H3. The summed E-state index contributed by atoms with van der Waals surface area (Å²) in [6.07, 6.45) is 0.